The summed E-state index contributed by atoms with van der Waals surface area (Å²) in [7, 11) is 0. The second-order valence-corrected chi connectivity index (χ2v) is 14.6. The molecule has 46 heavy (non-hydrogen) atoms. The number of fused-ring (bicyclic) bond motifs is 12. The highest BCUT2D eigenvalue weighted by atomic mass is 32.1. The van der Waals surface area contributed by atoms with Gasteiger partial charge in [0.25, 0.3) is 0 Å². The molecule has 2 nitrogen and oxygen atoms in total. The summed E-state index contributed by atoms with van der Waals surface area (Å²) in [6, 6.07) is 45.4. The molecular weight excluding hydrogens is 597 g/mol. The lowest BCUT2D eigenvalue weighted by atomic mass is 10.0. The SMILES string of the molecule is C1=Cc2c(n(-c3ccc4sc5cc6c(cc5c4c3)sc3ccc(-n4c5ccccc5c5ccccc54)cc36)c3ccccc23)CC1. The van der Waals surface area contributed by atoms with Gasteiger partial charge in [0.1, 0.15) is 0 Å². The van der Waals surface area contributed by atoms with Crippen LogP contribution in [0.3, 0.4) is 0 Å². The van der Waals surface area contributed by atoms with Crippen molar-refractivity contribution >= 4 is 102 Å². The molecule has 0 spiro atoms. The number of hydrogen-bond donors (Lipinski definition) is 0. The predicted molar refractivity (Wildman–Crippen MR) is 201 cm³/mol. The summed E-state index contributed by atoms with van der Waals surface area (Å²) in [6.07, 6.45) is 6.80. The molecule has 0 amide bonds. The minimum absolute atomic E-state index is 1.07. The molecule has 0 saturated carbocycles. The van der Waals surface area contributed by atoms with Crippen molar-refractivity contribution in [3.63, 3.8) is 0 Å². The lowest BCUT2D eigenvalue weighted by molar-refractivity contribution is 0.889. The van der Waals surface area contributed by atoms with Gasteiger partial charge in [-0.05, 0) is 79.6 Å². The Hall–Kier alpha value is -5.16. The molecule has 10 aromatic rings. The first-order valence-corrected chi connectivity index (χ1v) is 17.5. The van der Waals surface area contributed by atoms with E-state index in [0.29, 0.717) is 0 Å². The van der Waals surface area contributed by atoms with Crippen molar-refractivity contribution in [2.75, 3.05) is 0 Å². The molecule has 0 aliphatic heterocycles. The van der Waals surface area contributed by atoms with E-state index in [9.17, 15) is 0 Å². The summed E-state index contributed by atoms with van der Waals surface area (Å²) in [4.78, 5) is 0. The largest absolute Gasteiger partial charge is 0.313 e. The Bertz CT molecular complexity index is 2870. The van der Waals surface area contributed by atoms with Gasteiger partial charge in [-0.1, -0.05) is 66.7 Å². The molecule has 216 valence electrons. The Balaban J connectivity index is 1.12. The molecule has 6 aromatic carbocycles. The van der Waals surface area contributed by atoms with Crippen molar-refractivity contribution in [1.82, 2.24) is 9.13 Å². The van der Waals surface area contributed by atoms with Crippen LogP contribution < -0.4 is 0 Å². The average Bonchev–Trinajstić information content (AvgIpc) is 3.84. The normalized spacial score (nSPS) is 13.4. The van der Waals surface area contributed by atoms with E-state index in [1.54, 1.807) is 0 Å². The molecule has 4 heteroatoms. The minimum atomic E-state index is 1.07. The maximum Gasteiger partial charge on any atom is 0.0541 e. The monoisotopic (exact) mass is 622 g/mol. The molecule has 4 heterocycles. The van der Waals surface area contributed by atoms with E-state index in [2.05, 4.69) is 143 Å². The topological polar surface area (TPSA) is 9.86 Å². The molecule has 0 fully saturated rings. The van der Waals surface area contributed by atoms with Gasteiger partial charge in [0, 0.05) is 79.1 Å². The van der Waals surface area contributed by atoms with Gasteiger partial charge in [0.2, 0.25) is 0 Å². The van der Waals surface area contributed by atoms with Crippen molar-refractivity contribution in [2.24, 2.45) is 0 Å². The Morgan fingerprint density at radius 2 is 0.935 bits per heavy atom. The van der Waals surface area contributed by atoms with E-state index < -0.39 is 0 Å². The first-order chi connectivity index (χ1) is 22.8. The lowest BCUT2D eigenvalue weighted by Gasteiger charge is -2.13. The van der Waals surface area contributed by atoms with Gasteiger partial charge >= 0.3 is 0 Å². The van der Waals surface area contributed by atoms with Gasteiger partial charge in [-0.25, -0.2) is 0 Å². The van der Waals surface area contributed by atoms with Crippen LogP contribution in [0.4, 0.5) is 0 Å². The summed E-state index contributed by atoms with van der Waals surface area (Å²) >= 11 is 3.82. The molecule has 11 rings (SSSR count). The van der Waals surface area contributed by atoms with Crippen LogP contribution in [-0.2, 0) is 6.42 Å². The maximum atomic E-state index is 2.51. The molecule has 0 unspecified atom stereocenters. The number of para-hydroxylation sites is 3. The molecule has 4 aromatic heterocycles. The summed E-state index contributed by atoms with van der Waals surface area (Å²) in [5, 5.41) is 9.32. The number of nitrogens with zero attached hydrogens (tertiary/aromatic N) is 2. The summed E-state index contributed by atoms with van der Waals surface area (Å²) in [5.74, 6) is 0. The smallest absolute Gasteiger partial charge is 0.0541 e. The second kappa shape index (κ2) is 9.20. The Morgan fingerprint density at radius 1 is 0.435 bits per heavy atom. The van der Waals surface area contributed by atoms with Crippen molar-refractivity contribution in [3.05, 3.63) is 139 Å². The van der Waals surface area contributed by atoms with E-state index in [1.807, 2.05) is 22.7 Å². The van der Waals surface area contributed by atoms with Crippen LogP contribution in [0.15, 0.2) is 127 Å². The number of rotatable bonds is 2. The number of thiophene rings is 2. The quantitative estimate of drug-likeness (QED) is 0.182. The number of allylic oxidation sites excluding steroid dienone is 1. The Morgan fingerprint density at radius 3 is 1.54 bits per heavy atom. The summed E-state index contributed by atoms with van der Waals surface area (Å²) < 4.78 is 10.3. The van der Waals surface area contributed by atoms with Gasteiger partial charge < -0.3 is 9.13 Å². The van der Waals surface area contributed by atoms with Crippen LogP contribution in [0.25, 0.3) is 90.5 Å². The third-order valence-electron chi connectivity index (χ3n) is 9.97. The van der Waals surface area contributed by atoms with Crippen LogP contribution in [0, 0.1) is 0 Å². The van der Waals surface area contributed by atoms with E-state index in [1.165, 1.54) is 95.7 Å². The fourth-order valence-corrected chi connectivity index (χ4v) is 10.2. The van der Waals surface area contributed by atoms with Crippen LogP contribution in [-0.4, -0.2) is 9.13 Å². The van der Waals surface area contributed by atoms with Crippen LogP contribution >= 0.6 is 22.7 Å². The zero-order chi connectivity index (χ0) is 29.9. The third-order valence-corrected chi connectivity index (χ3v) is 12.2. The first kappa shape index (κ1) is 25.1. The molecule has 0 bridgehead atoms. The summed E-state index contributed by atoms with van der Waals surface area (Å²) in [6.45, 7) is 0. The highest BCUT2D eigenvalue weighted by Gasteiger charge is 2.20. The lowest BCUT2D eigenvalue weighted by Crippen LogP contribution is -2.02. The standard InChI is InChI=1S/C42H26N2S2/c1-5-13-35-27(9-1)28-10-2-6-14-36(28)43(35)25-17-19-39-31(21-25)33-23-42-34(24-41(33)45-39)32-22-26(18-20-40(32)46-42)44-37-15-7-3-11-29(37)30-12-4-8-16-38(30)44/h1-7,9-15,17-24H,8,16H2. The van der Waals surface area contributed by atoms with E-state index in [4.69, 9.17) is 0 Å². The molecule has 1 aliphatic rings. The zero-order valence-electron chi connectivity index (χ0n) is 24.8. The summed E-state index contributed by atoms with van der Waals surface area (Å²) in [5.41, 5.74) is 9.06. The van der Waals surface area contributed by atoms with Gasteiger partial charge in [0.05, 0.1) is 16.6 Å². The molecular formula is C42H26N2S2. The van der Waals surface area contributed by atoms with Crippen molar-refractivity contribution in [2.45, 2.75) is 12.8 Å². The van der Waals surface area contributed by atoms with Crippen molar-refractivity contribution < 1.29 is 0 Å². The highest BCUT2D eigenvalue weighted by Crippen LogP contribution is 2.44. The number of hydrogen-bond acceptors (Lipinski definition) is 2. The molecule has 0 radical (unpaired) electrons. The van der Waals surface area contributed by atoms with Gasteiger partial charge in [-0.15, -0.1) is 22.7 Å². The molecule has 1 aliphatic carbocycles. The second-order valence-electron chi connectivity index (χ2n) is 12.4. The average molecular weight is 623 g/mol. The van der Waals surface area contributed by atoms with E-state index in [-0.39, 0.29) is 0 Å². The fraction of sp³-hybridized carbons (Fsp3) is 0.0476. The Labute approximate surface area is 272 Å². The zero-order valence-corrected chi connectivity index (χ0v) is 26.5. The highest BCUT2D eigenvalue weighted by molar-refractivity contribution is 7.27. The Kier molecular flexibility index (Phi) is 5.01. The van der Waals surface area contributed by atoms with Crippen molar-refractivity contribution in [3.8, 4) is 11.4 Å². The van der Waals surface area contributed by atoms with E-state index in [0.717, 1.165) is 12.8 Å². The molecule has 0 saturated heterocycles. The van der Waals surface area contributed by atoms with Gasteiger partial charge in [-0.3, -0.25) is 0 Å². The van der Waals surface area contributed by atoms with Crippen LogP contribution in [0.2, 0.25) is 0 Å². The first-order valence-electron chi connectivity index (χ1n) is 15.9. The van der Waals surface area contributed by atoms with Crippen LogP contribution in [0.1, 0.15) is 17.7 Å². The number of aromatic nitrogens is 2. The third kappa shape index (κ3) is 3.35. The predicted octanol–water partition coefficient (Wildman–Crippen LogP) is 12.4. The van der Waals surface area contributed by atoms with Crippen LogP contribution in [0.5, 0.6) is 0 Å². The van der Waals surface area contributed by atoms with Crippen molar-refractivity contribution in [1.29, 1.82) is 0 Å². The van der Waals surface area contributed by atoms with Gasteiger partial charge in [0.15, 0.2) is 0 Å². The molecule has 0 atom stereocenters. The maximum absolute atomic E-state index is 2.51. The number of benzene rings is 6. The molecule has 0 N–H and O–H groups in total. The minimum Gasteiger partial charge on any atom is -0.313 e. The van der Waals surface area contributed by atoms with E-state index >= 15 is 0 Å². The fourth-order valence-electron chi connectivity index (χ4n) is 7.97. The van der Waals surface area contributed by atoms with Gasteiger partial charge in [-0.2, -0.15) is 0 Å².